The fourth-order valence-electron chi connectivity index (χ4n) is 16.5. The first-order chi connectivity index (χ1) is 46.6. The lowest BCUT2D eigenvalue weighted by atomic mass is 9.49. The number of Topliss-reactive ketones (excluding diaryl/α,β-unsaturated/α-hetero) is 4. The Morgan fingerprint density at radius 2 is 1.41 bits per heavy atom. The zero-order valence-electron chi connectivity index (χ0n) is 61.7. The lowest BCUT2D eigenvalue weighted by Gasteiger charge is -2.55. The van der Waals surface area contributed by atoms with Crippen LogP contribution in [0, 0.1) is 47.3 Å². The molecule has 6 aliphatic rings. The summed E-state index contributed by atoms with van der Waals surface area (Å²) in [4.78, 5) is 127. The van der Waals surface area contributed by atoms with Gasteiger partial charge in [0.05, 0.1) is 70.9 Å². The van der Waals surface area contributed by atoms with E-state index >= 15 is 0 Å². The van der Waals surface area contributed by atoms with Gasteiger partial charge in [0, 0.05) is 62.4 Å². The number of rotatable bonds is 17. The number of amides is 5. The van der Waals surface area contributed by atoms with Crippen LogP contribution in [0.5, 0.6) is 5.75 Å². The number of benzene rings is 1. The number of alkyl carbamates (subject to hydrolysis) is 2. The second-order valence-corrected chi connectivity index (χ2v) is 31.2. The largest absolute Gasteiger partial charge is 0.505 e. The number of aliphatic hydroxyl groups is 6. The van der Waals surface area contributed by atoms with Crippen LogP contribution in [0.1, 0.15) is 158 Å². The molecule has 3 aliphatic heterocycles. The Bertz CT molecular complexity index is 3230. The van der Waals surface area contributed by atoms with Gasteiger partial charge in [-0.2, -0.15) is 0 Å². The molecule has 0 spiro atoms. The monoisotopic (exact) mass is 1430 g/mol. The normalized spacial score (nSPS) is 40.3. The third-order valence-corrected chi connectivity index (χ3v) is 21.9. The van der Waals surface area contributed by atoms with E-state index in [4.69, 9.17) is 43.6 Å². The smallest absolute Gasteiger partial charge is 0.407 e. The summed E-state index contributed by atoms with van der Waals surface area (Å²) in [5.74, 6) is -18.8. The van der Waals surface area contributed by atoms with Gasteiger partial charge >= 0.3 is 24.2 Å². The van der Waals surface area contributed by atoms with Crippen LogP contribution in [0.4, 0.5) is 20.1 Å². The van der Waals surface area contributed by atoms with Crippen LogP contribution in [0.2, 0.25) is 0 Å². The molecule has 10 unspecified atom stereocenters. The number of nitrogens with two attached hydrogens (primary N) is 1. The van der Waals surface area contributed by atoms with Crippen LogP contribution in [0.15, 0.2) is 12.1 Å². The van der Waals surface area contributed by atoms with E-state index in [0.717, 1.165) is 0 Å². The van der Waals surface area contributed by atoms with Crippen molar-refractivity contribution in [3.05, 3.63) is 23.3 Å². The molecular weight excluding hydrogens is 1320 g/mol. The quantitative estimate of drug-likeness (QED) is 0.0350. The van der Waals surface area contributed by atoms with E-state index in [1.54, 1.807) is 69.2 Å². The number of phenols is 1. The number of primary amides is 1. The van der Waals surface area contributed by atoms with Crippen LogP contribution >= 0.6 is 0 Å². The van der Waals surface area contributed by atoms with Crippen molar-refractivity contribution in [1.29, 1.82) is 0 Å². The number of ether oxygens (including phenoxy) is 8. The number of esters is 1. The van der Waals surface area contributed by atoms with Crippen LogP contribution < -0.4 is 27.0 Å². The van der Waals surface area contributed by atoms with Crippen LogP contribution in [-0.4, -0.2) is 255 Å². The number of unbranched alkanes of at least 4 members (excludes halogenated alkanes) is 1. The third kappa shape index (κ3) is 16.7. The van der Waals surface area contributed by atoms with Crippen LogP contribution in [0.3, 0.4) is 0 Å². The Morgan fingerprint density at radius 1 is 0.782 bits per heavy atom. The number of likely N-dealkylation sites (N-methyl/N-ethyl adjacent to an activating group) is 2. The average molecular weight is 1430 g/mol. The van der Waals surface area contributed by atoms with Gasteiger partial charge < -0.3 is 106 Å². The molecule has 5 amide bonds. The number of fused-ring (bicyclic) bond motifs is 3. The van der Waals surface area contributed by atoms with Crippen molar-refractivity contribution in [2.75, 3.05) is 53.7 Å². The number of ketones is 4. The van der Waals surface area contributed by atoms with Crippen molar-refractivity contribution in [1.82, 2.24) is 25.8 Å². The first-order valence-electron chi connectivity index (χ1n) is 34.9. The van der Waals surface area contributed by atoms with Crippen molar-refractivity contribution in [2.45, 2.75) is 255 Å². The molecule has 13 N–H and O–H groups in total. The van der Waals surface area contributed by atoms with Crippen molar-refractivity contribution >= 4 is 58.9 Å². The highest BCUT2D eigenvalue weighted by molar-refractivity contribution is 6.32. The van der Waals surface area contributed by atoms with Gasteiger partial charge in [-0.05, 0) is 154 Å². The van der Waals surface area contributed by atoms with Gasteiger partial charge in [-0.1, -0.05) is 33.8 Å². The van der Waals surface area contributed by atoms with Gasteiger partial charge in [0.25, 0.3) is 0 Å². The molecule has 3 aliphatic carbocycles. The molecule has 3 saturated heterocycles. The van der Waals surface area contributed by atoms with E-state index in [1.165, 1.54) is 59.0 Å². The highest BCUT2D eigenvalue weighted by Gasteiger charge is 2.72. The number of phenolic OH excluding ortho intramolecular Hbond substituents is 1. The number of methoxy groups -OCH3 is 1. The van der Waals surface area contributed by atoms with E-state index in [-0.39, 0.29) is 50.0 Å². The maximum Gasteiger partial charge on any atom is 0.407 e. The molecule has 570 valence electrons. The van der Waals surface area contributed by atoms with E-state index in [0.29, 0.717) is 12.8 Å². The molecule has 101 heavy (non-hydrogen) atoms. The van der Waals surface area contributed by atoms with Crippen molar-refractivity contribution < 1.29 is 117 Å². The summed E-state index contributed by atoms with van der Waals surface area (Å²) in [6.45, 7) is 22.7. The van der Waals surface area contributed by atoms with Gasteiger partial charge in [0.15, 0.2) is 53.3 Å². The molecule has 0 aromatic heterocycles. The molecule has 26 atom stereocenters. The predicted octanol–water partition coefficient (Wildman–Crippen LogP) is 2.29. The fraction of sp³-hybridized carbons (Fsp3) is 0.786. The number of carbonyl (C=O) groups is 9. The molecule has 1 aromatic carbocycles. The lowest BCUT2D eigenvalue weighted by Crippen LogP contribution is -2.75. The first kappa shape index (κ1) is 82.2. The SMILES string of the molecule is CC[C@H]1OC(=O)[C@H](C)[C@@H](OC2CC(C)(OC)C(OC(=O)NCCCCNC(=O)Nc3ccc4c(c3O)C(=O)C3C(=O)[C@]5(O)C(=O)C(C(N)=O)C(=O)[C@@H](N(C)C)[C@@H]5C[C@@H]3[C@]4(C)O)C(C)O2)[C@H](C)[C@@H](OC2OC(C)CC(N(C)C)C2O)[C@](C)(O)C[C@@H](C)[C@H](NC(=O)OC(C)(C)C)[C@H](C)[C@@H](O)[C@]1(C)O. The van der Waals surface area contributed by atoms with Gasteiger partial charge in [-0.25, -0.2) is 14.4 Å². The molecule has 5 fully saturated rings. The number of urea groups is 1. The maximum absolute atomic E-state index is 14.8. The van der Waals surface area contributed by atoms with Crippen LogP contribution in [0.25, 0.3) is 0 Å². The second kappa shape index (κ2) is 31.3. The molecule has 0 bridgehead atoms. The molecule has 31 nitrogen and oxygen atoms in total. The van der Waals surface area contributed by atoms with Crippen molar-refractivity contribution in [3.8, 4) is 5.75 Å². The number of hydrogen-bond acceptors (Lipinski definition) is 26. The Kier molecular flexibility index (Phi) is 25.5. The summed E-state index contributed by atoms with van der Waals surface area (Å²) < 4.78 is 50.4. The number of nitrogens with one attached hydrogen (secondary N) is 4. The number of aromatic hydroxyl groups is 1. The van der Waals surface area contributed by atoms with E-state index in [9.17, 15) is 78.9 Å². The standard InChI is InChI=1S/C70H111N7O24/c1-20-42-69(14,92)54(82)33(4)47(75-64(89)101-65(8,9)10)31(2)29-66(11,90)57(99-61-50(79)41(76(15)16)27-32(3)95-61)34(5)53(35(6)60(86)97-42)98-43-30-67(12,94-19)58(36(7)96-43)100-63(88)73-26-22-21-25-72-62(87)74-40-24-23-37-44(49(40)78)51(80)45-38(68(37,13)91)28-39-48(77(17)18)52(81)46(59(71)85)56(84)70(39,93)55(45)83/h23-24,31-36,38-39,41-43,45-48,50,53-54,57-58,61,78-79,82,90-93H,20-22,25-30H2,1-19H3,(H2,71,85)(H,73,88)(H,75,89)(H2,72,74,87)/t31-,32?,33+,34+,35-,36?,38+,39+,41?,42-,43?,45?,46?,47+,48+,50?,53+,54-,57-,58?,61?,66-,67?,68-,69-,70+/m1/s1. The number of nitrogens with zero attached hydrogens (tertiary/aromatic N) is 2. The second-order valence-electron chi connectivity index (χ2n) is 31.2. The van der Waals surface area contributed by atoms with E-state index in [1.807, 2.05) is 25.9 Å². The Hall–Kier alpha value is -6.07. The summed E-state index contributed by atoms with van der Waals surface area (Å²) >= 11 is 0. The maximum atomic E-state index is 14.8. The minimum atomic E-state index is -3.04. The topological polar surface area (TPSA) is 450 Å². The molecule has 1 aromatic rings. The van der Waals surface area contributed by atoms with Gasteiger partial charge in [-0.3, -0.25) is 33.7 Å². The summed E-state index contributed by atoms with van der Waals surface area (Å²) in [7, 11) is 7.91. The summed E-state index contributed by atoms with van der Waals surface area (Å²) in [6, 6.07) is -1.15. The van der Waals surface area contributed by atoms with E-state index < -0.39 is 231 Å². The lowest BCUT2D eigenvalue weighted by molar-refractivity contribution is -0.318. The number of anilines is 1. The molecule has 0 radical (unpaired) electrons. The predicted molar refractivity (Wildman–Crippen MR) is 360 cm³/mol. The fourth-order valence-corrected chi connectivity index (χ4v) is 16.5. The van der Waals surface area contributed by atoms with Crippen molar-refractivity contribution in [2.24, 2.45) is 53.1 Å². The summed E-state index contributed by atoms with van der Waals surface area (Å²) in [6.07, 6.45) is -13.1. The summed E-state index contributed by atoms with van der Waals surface area (Å²) in [5, 5.41) is 95.7. The van der Waals surface area contributed by atoms with Crippen LogP contribution in [-0.2, 0) is 67.5 Å². The van der Waals surface area contributed by atoms with Gasteiger partial charge in [0.2, 0.25) is 5.91 Å². The summed E-state index contributed by atoms with van der Waals surface area (Å²) in [5.41, 5.74) is -6.99. The first-order valence-corrected chi connectivity index (χ1v) is 34.9. The Labute approximate surface area is 590 Å². The number of hydrogen-bond donors (Lipinski definition) is 12. The van der Waals surface area contributed by atoms with Crippen molar-refractivity contribution in [3.63, 3.8) is 0 Å². The molecule has 31 heteroatoms. The van der Waals surface area contributed by atoms with Gasteiger partial charge in [0.1, 0.15) is 34.8 Å². The number of cyclic esters (lactones) is 1. The Balaban J connectivity index is 1.03. The number of carbonyl (C=O) groups excluding carboxylic acids is 9. The molecular formula is C70H111N7O24. The molecule has 7 rings (SSSR count). The molecule has 3 heterocycles. The zero-order chi connectivity index (χ0) is 76.0. The minimum absolute atomic E-state index is 0.0233. The van der Waals surface area contributed by atoms with Gasteiger partial charge in [-0.15, -0.1) is 0 Å². The third-order valence-electron chi connectivity index (χ3n) is 21.9. The highest BCUT2D eigenvalue weighted by Crippen LogP contribution is 2.57. The zero-order valence-corrected chi connectivity index (χ0v) is 61.7. The Morgan fingerprint density at radius 3 is 1.98 bits per heavy atom. The minimum Gasteiger partial charge on any atom is -0.505 e. The number of aliphatic hydroxyl groups excluding tert-OH is 2. The van der Waals surface area contributed by atoms with E-state index in [2.05, 4.69) is 21.3 Å². The molecule has 2 saturated carbocycles. The highest BCUT2D eigenvalue weighted by atomic mass is 16.7. The average Bonchev–Trinajstić information content (AvgIpc) is 0.688.